The van der Waals surface area contributed by atoms with Gasteiger partial charge in [-0.05, 0) is 36.4 Å². The Hall–Kier alpha value is -1.07. The van der Waals surface area contributed by atoms with Gasteiger partial charge in [-0.3, -0.25) is 4.79 Å². The van der Waals surface area contributed by atoms with Crippen molar-refractivity contribution in [1.82, 2.24) is 5.32 Å². The van der Waals surface area contributed by atoms with Crippen LogP contribution in [0.15, 0.2) is 46.9 Å². The first-order valence-electron chi connectivity index (χ1n) is 6.14. The van der Waals surface area contributed by atoms with E-state index in [2.05, 4.69) is 21.2 Å². The summed E-state index contributed by atoms with van der Waals surface area (Å²) in [4.78, 5) is 11.9. The highest BCUT2D eigenvalue weighted by atomic mass is 79.9. The van der Waals surface area contributed by atoms with Crippen molar-refractivity contribution in [2.75, 3.05) is 6.54 Å². The van der Waals surface area contributed by atoms with Crippen molar-refractivity contribution in [2.24, 2.45) is 0 Å². The third-order valence-corrected chi connectivity index (χ3v) is 3.97. The SMILES string of the molecule is O=C(NCC(O)c1ccc(Cl)cc1Cl)c1ccc(Br)cc1. The van der Waals surface area contributed by atoms with Gasteiger partial charge in [-0.2, -0.15) is 0 Å². The summed E-state index contributed by atoms with van der Waals surface area (Å²) in [5.74, 6) is -0.258. The third kappa shape index (κ3) is 4.45. The van der Waals surface area contributed by atoms with Crippen LogP contribution in [0.25, 0.3) is 0 Å². The molecule has 2 N–H and O–H groups in total. The maximum atomic E-state index is 11.9. The van der Waals surface area contributed by atoms with Gasteiger partial charge in [-0.25, -0.2) is 0 Å². The molecule has 2 rings (SSSR count). The topological polar surface area (TPSA) is 49.3 Å². The molecule has 2 aromatic rings. The average Bonchev–Trinajstić information content (AvgIpc) is 2.45. The fourth-order valence-corrected chi connectivity index (χ4v) is 2.57. The van der Waals surface area contributed by atoms with Gasteiger partial charge in [0.2, 0.25) is 0 Å². The van der Waals surface area contributed by atoms with Crippen molar-refractivity contribution in [2.45, 2.75) is 6.10 Å². The number of hydrogen-bond acceptors (Lipinski definition) is 2. The Kier molecular flexibility index (Phi) is 5.65. The molecule has 1 amide bonds. The lowest BCUT2D eigenvalue weighted by Crippen LogP contribution is -2.28. The highest BCUT2D eigenvalue weighted by Crippen LogP contribution is 2.26. The predicted octanol–water partition coefficient (Wildman–Crippen LogP) is 4.22. The summed E-state index contributed by atoms with van der Waals surface area (Å²) < 4.78 is 0.895. The van der Waals surface area contributed by atoms with Crippen molar-refractivity contribution in [3.8, 4) is 0 Å². The average molecular weight is 389 g/mol. The Bertz CT molecular complexity index is 647. The molecule has 0 bridgehead atoms. The first-order chi connectivity index (χ1) is 9.97. The first kappa shape index (κ1) is 16.3. The van der Waals surface area contributed by atoms with Gasteiger partial charge in [0.1, 0.15) is 0 Å². The molecule has 0 saturated heterocycles. The monoisotopic (exact) mass is 387 g/mol. The Balaban J connectivity index is 1.98. The lowest BCUT2D eigenvalue weighted by molar-refractivity contribution is 0.0916. The largest absolute Gasteiger partial charge is 0.387 e. The van der Waals surface area contributed by atoms with Gasteiger partial charge >= 0.3 is 0 Å². The summed E-state index contributed by atoms with van der Waals surface area (Å²) in [7, 11) is 0. The second-order valence-corrected chi connectivity index (χ2v) is 6.16. The molecule has 0 aliphatic carbocycles. The Morgan fingerprint density at radius 1 is 1.19 bits per heavy atom. The van der Waals surface area contributed by atoms with Crippen LogP contribution < -0.4 is 5.32 Å². The van der Waals surface area contributed by atoms with E-state index >= 15 is 0 Å². The van der Waals surface area contributed by atoms with Crippen molar-refractivity contribution in [1.29, 1.82) is 0 Å². The van der Waals surface area contributed by atoms with Crippen LogP contribution in [-0.4, -0.2) is 17.6 Å². The Morgan fingerprint density at radius 2 is 1.86 bits per heavy atom. The van der Waals surface area contributed by atoms with Crippen molar-refractivity contribution >= 4 is 45.0 Å². The van der Waals surface area contributed by atoms with Crippen LogP contribution in [0.2, 0.25) is 10.0 Å². The summed E-state index contributed by atoms with van der Waals surface area (Å²) in [5.41, 5.74) is 1.05. The number of rotatable bonds is 4. The van der Waals surface area contributed by atoms with Gasteiger partial charge in [-0.15, -0.1) is 0 Å². The van der Waals surface area contributed by atoms with Gasteiger partial charge in [-0.1, -0.05) is 45.2 Å². The fraction of sp³-hybridized carbons (Fsp3) is 0.133. The molecule has 0 spiro atoms. The van der Waals surface area contributed by atoms with Crippen molar-refractivity contribution < 1.29 is 9.90 Å². The molecule has 0 aliphatic heterocycles. The molecule has 0 saturated carbocycles. The first-order valence-corrected chi connectivity index (χ1v) is 7.69. The molecule has 0 fully saturated rings. The molecule has 0 aromatic heterocycles. The molecule has 2 aromatic carbocycles. The van der Waals surface area contributed by atoms with Gasteiger partial charge in [0.25, 0.3) is 5.91 Å². The van der Waals surface area contributed by atoms with E-state index in [9.17, 15) is 9.90 Å². The molecule has 21 heavy (non-hydrogen) atoms. The molecular formula is C15H12BrCl2NO2. The zero-order chi connectivity index (χ0) is 15.4. The van der Waals surface area contributed by atoms with E-state index in [1.807, 2.05) is 0 Å². The Morgan fingerprint density at radius 3 is 2.48 bits per heavy atom. The number of aliphatic hydroxyl groups is 1. The maximum Gasteiger partial charge on any atom is 0.251 e. The quantitative estimate of drug-likeness (QED) is 0.823. The number of aliphatic hydroxyl groups excluding tert-OH is 1. The molecule has 0 heterocycles. The van der Waals surface area contributed by atoms with Crippen molar-refractivity contribution in [3.63, 3.8) is 0 Å². The number of carbonyl (C=O) groups excluding carboxylic acids is 1. The highest BCUT2D eigenvalue weighted by molar-refractivity contribution is 9.10. The maximum absolute atomic E-state index is 11.9. The number of halogens is 3. The minimum atomic E-state index is -0.894. The molecule has 1 atom stereocenters. The summed E-state index contributed by atoms with van der Waals surface area (Å²) in [6, 6.07) is 11.8. The number of nitrogens with one attached hydrogen (secondary N) is 1. The Labute approximate surface area is 141 Å². The minimum absolute atomic E-state index is 0.0657. The van der Waals surface area contributed by atoms with E-state index in [4.69, 9.17) is 23.2 Å². The van der Waals surface area contributed by atoms with Gasteiger partial charge in [0.05, 0.1) is 6.10 Å². The molecule has 1 unspecified atom stereocenters. The van der Waals surface area contributed by atoms with E-state index in [0.717, 1.165) is 4.47 Å². The van der Waals surface area contributed by atoms with Gasteiger partial charge < -0.3 is 10.4 Å². The number of carbonyl (C=O) groups is 1. The van der Waals surface area contributed by atoms with E-state index in [-0.39, 0.29) is 12.5 Å². The molecule has 6 heteroatoms. The molecule has 110 valence electrons. The van der Waals surface area contributed by atoms with Crippen LogP contribution >= 0.6 is 39.1 Å². The smallest absolute Gasteiger partial charge is 0.251 e. The van der Waals surface area contributed by atoms with Crippen LogP contribution in [-0.2, 0) is 0 Å². The summed E-state index contributed by atoms with van der Waals surface area (Å²) in [5, 5.41) is 13.6. The summed E-state index contributed by atoms with van der Waals surface area (Å²) >= 11 is 15.1. The summed E-state index contributed by atoms with van der Waals surface area (Å²) in [6.07, 6.45) is -0.894. The second kappa shape index (κ2) is 7.27. The normalized spacial score (nSPS) is 12.0. The lowest BCUT2D eigenvalue weighted by Gasteiger charge is -2.14. The van der Waals surface area contributed by atoms with E-state index in [1.165, 1.54) is 0 Å². The van der Waals surface area contributed by atoms with Crippen LogP contribution in [0, 0.1) is 0 Å². The van der Waals surface area contributed by atoms with Gasteiger partial charge in [0.15, 0.2) is 0 Å². The third-order valence-electron chi connectivity index (χ3n) is 2.88. The predicted molar refractivity (Wildman–Crippen MR) is 87.9 cm³/mol. The van der Waals surface area contributed by atoms with Crippen molar-refractivity contribution in [3.05, 3.63) is 68.1 Å². The summed E-state index contributed by atoms with van der Waals surface area (Å²) in [6.45, 7) is 0.0657. The number of amides is 1. The van der Waals surface area contributed by atoms with Gasteiger partial charge in [0, 0.05) is 32.2 Å². The van der Waals surface area contributed by atoms with E-state index in [0.29, 0.717) is 21.2 Å². The standard InChI is InChI=1S/C15H12BrCl2NO2/c16-10-3-1-9(2-4-10)15(21)19-8-14(20)12-6-5-11(17)7-13(12)18/h1-7,14,20H,8H2,(H,19,21). The highest BCUT2D eigenvalue weighted by Gasteiger charge is 2.14. The zero-order valence-electron chi connectivity index (χ0n) is 10.8. The van der Waals surface area contributed by atoms with Crippen LogP contribution in [0.1, 0.15) is 22.0 Å². The van der Waals surface area contributed by atoms with Crippen LogP contribution in [0.3, 0.4) is 0 Å². The molecule has 0 aliphatic rings. The molecule has 3 nitrogen and oxygen atoms in total. The lowest BCUT2D eigenvalue weighted by atomic mass is 10.1. The van der Waals surface area contributed by atoms with E-state index < -0.39 is 6.10 Å². The molecule has 0 radical (unpaired) electrons. The second-order valence-electron chi connectivity index (χ2n) is 4.40. The fourth-order valence-electron chi connectivity index (χ4n) is 1.77. The van der Waals surface area contributed by atoms with E-state index in [1.54, 1.807) is 42.5 Å². The van der Waals surface area contributed by atoms with Crippen LogP contribution in [0.5, 0.6) is 0 Å². The minimum Gasteiger partial charge on any atom is -0.387 e. The molecular weight excluding hydrogens is 377 g/mol. The van der Waals surface area contributed by atoms with Crippen LogP contribution in [0.4, 0.5) is 0 Å². The number of benzene rings is 2. The zero-order valence-corrected chi connectivity index (χ0v) is 13.9. The number of hydrogen-bond donors (Lipinski definition) is 2.